The number of methoxy groups -OCH3 is 1. The van der Waals surface area contributed by atoms with Crippen LogP contribution in [0.3, 0.4) is 0 Å². The number of anilines is 1. The van der Waals surface area contributed by atoms with E-state index in [-0.39, 0.29) is 5.56 Å². The Morgan fingerprint density at radius 2 is 1.80 bits per heavy atom. The van der Waals surface area contributed by atoms with E-state index in [1.54, 1.807) is 50.2 Å². The fourth-order valence-electron chi connectivity index (χ4n) is 2.85. The third-order valence-electron chi connectivity index (χ3n) is 4.45. The van der Waals surface area contributed by atoms with Gasteiger partial charge in [-0.1, -0.05) is 17.7 Å². The van der Waals surface area contributed by atoms with Gasteiger partial charge in [-0.3, -0.25) is 9.78 Å². The first-order valence-corrected chi connectivity index (χ1v) is 9.39. The lowest BCUT2D eigenvalue weighted by atomic mass is 10.1. The molecule has 3 rings (SSSR count). The van der Waals surface area contributed by atoms with Crippen molar-refractivity contribution in [1.82, 2.24) is 4.98 Å². The van der Waals surface area contributed by atoms with Crippen molar-refractivity contribution in [3.8, 4) is 0 Å². The summed E-state index contributed by atoms with van der Waals surface area (Å²) in [5.74, 6) is -1.73. The number of benzene rings is 2. The molecule has 0 radical (unpaired) electrons. The molecule has 3 aromatic rings. The highest BCUT2D eigenvalue weighted by Gasteiger charge is 2.16. The molecule has 0 bridgehead atoms. The number of fused-ring (bicyclic) bond motifs is 1. The summed E-state index contributed by atoms with van der Waals surface area (Å²) < 4.78 is 9.82. The summed E-state index contributed by atoms with van der Waals surface area (Å²) in [5, 5.41) is 3.85. The zero-order valence-electron chi connectivity index (χ0n) is 16.6. The van der Waals surface area contributed by atoms with E-state index < -0.39 is 24.5 Å². The van der Waals surface area contributed by atoms with Crippen LogP contribution in [0, 0.1) is 13.8 Å². The normalized spacial score (nSPS) is 10.5. The Labute approximate surface area is 178 Å². The minimum absolute atomic E-state index is 0.251. The molecule has 0 spiro atoms. The molecular weight excluding hydrogens is 408 g/mol. The summed E-state index contributed by atoms with van der Waals surface area (Å²) in [6.45, 7) is 2.97. The Balaban J connectivity index is 1.69. The minimum Gasteiger partial charge on any atom is -0.465 e. The summed E-state index contributed by atoms with van der Waals surface area (Å²) in [4.78, 5) is 40.8. The highest BCUT2D eigenvalue weighted by atomic mass is 35.5. The Kier molecular flexibility index (Phi) is 6.32. The molecule has 1 N–H and O–H groups in total. The topological polar surface area (TPSA) is 94.6 Å². The molecule has 30 heavy (non-hydrogen) atoms. The maximum Gasteiger partial charge on any atom is 0.340 e. The number of nitrogens with one attached hydrogen (secondary N) is 1. The molecule has 0 aliphatic heterocycles. The highest BCUT2D eigenvalue weighted by molar-refractivity contribution is 6.31. The number of aryl methyl sites for hydroxylation is 2. The van der Waals surface area contributed by atoms with Gasteiger partial charge in [-0.2, -0.15) is 0 Å². The van der Waals surface area contributed by atoms with Crippen LogP contribution in [0.5, 0.6) is 0 Å². The Bertz CT molecular complexity index is 1160. The zero-order chi connectivity index (χ0) is 21.8. The fraction of sp³-hybridized carbons (Fsp3) is 0.182. The lowest BCUT2D eigenvalue weighted by molar-refractivity contribution is -0.119. The number of ether oxygens (including phenoxy) is 2. The molecule has 0 saturated heterocycles. The number of pyridine rings is 1. The average molecular weight is 427 g/mol. The Morgan fingerprint density at radius 3 is 2.53 bits per heavy atom. The molecule has 0 fully saturated rings. The lowest BCUT2D eigenvalue weighted by Gasteiger charge is -2.11. The standard InChI is InChI=1S/C22H19ClN2O5/c1-12-4-5-14(21(27)29-3)10-19(12)25-20(26)11-30-22(28)17-9-15-8-16(23)6-7-18(15)24-13(17)2/h4-10H,11H2,1-3H3,(H,25,26). The number of esters is 2. The number of hydrogen-bond acceptors (Lipinski definition) is 6. The van der Waals surface area contributed by atoms with Gasteiger partial charge in [0.15, 0.2) is 6.61 Å². The van der Waals surface area contributed by atoms with E-state index in [0.717, 1.165) is 5.56 Å². The number of amides is 1. The molecule has 0 aliphatic carbocycles. The monoisotopic (exact) mass is 426 g/mol. The maximum absolute atomic E-state index is 12.5. The van der Waals surface area contributed by atoms with Crippen molar-refractivity contribution < 1.29 is 23.9 Å². The number of halogens is 1. The van der Waals surface area contributed by atoms with Crippen molar-refractivity contribution >= 4 is 46.0 Å². The zero-order valence-corrected chi connectivity index (χ0v) is 17.4. The van der Waals surface area contributed by atoms with E-state index in [9.17, 15) is 14.4 Å². The van der Waals surface area contributed by atoms with Crippen LogP contribution in [-0.2, 0) is 14.3 Å². The van der Waals surface area contributed by atoms with Crippen molar-refractivity contribution in [1.29, 1.82) is 0 Å². The average Bonchev–Trinajstić information content (AvgIpc) is 2.72. The molecule has 2 aromatic carbocycles. The van der Waals surface area contributed by atoms with E-state index >= 15 is 0 Å². The summed E-state index contributed by atoms with van der Waals surface area (Å²) in [6, 6.07) is 11.6. The SMILES string of the molecule is COC(=O)c1ccc(C)c(NC(=O)COC(=O)c2cc3cc(Cl)ccc3nc2C)c1. The second-order valence-electron chi connectivity index (χ2n) is 6.60. The van der Waals surface area contributed by atoms with E-state index in [1.807, 2.05) is 0 Å². The van der Waals surface area contributed by atoms with Gasteiger partial charge in [0.05, 0.1) is 29.4 Å². The van der Waals surface area contributed by atoms with Crippen molar-refractivity contribution in [3.63, 3.8) is 0 Å². The summed E-state index contributed by atoms with van der Waals surface area (Å²) in [6.07, 6.45) is 0. The molecular formula is C22H19ClN2O5. The predicted molar refractivity (Wildman–Crippen MR) is 113 cm³/mol. The van der Waals surface area contributed by atoms with E-state index in [4.69, 9.17) is 16.3 Å². The molecule has 8 heteroatoms. The Morgan fingerprint density at radius 1 is 1.03 bits per heavy atom. The molecule has 7 nitrogen and oxygen atoms in total. The quantitative estimate of drug-likeness (QED) is 0.617. The van der Waals surface area contributed by atoms with Crippen molar-refractivity contribution in [2.45, 2.75) is 13.8 Å². The Hall–Kier alpha value is -3.45. The van der Waals surface area contributed by atoms with Gasteiger partial charge < -0.3 is 14.8 Å². The number of aromatic nitrogens is 1. The molecule has 154 valence electrons. The third-order valence-corrected chi connectivity index (χ3v) is 4.69. The molecule has 1 amide bonds. The first kappa shape index (κ1) is 21.3. The second kappa shape index (κ2) is 8.92. The lowest BCUT2D eigenvalue weighted by Crippen LogP contribution is -2.22. The summed E-state index contributed by atoms with van der Waals surface area (Å²) in [5.41, 5.74) is 2.91. The van der Waals surface area contributed by atoms with Gasteiger partial charge in [0.1, 0.15) is 0 Å². The molecule has 1 aromatic heterocycles. The van der Waals surface area contributed by atoms with Crippen LogP contribution in [0.1, 0.15) is 32.0 Å². The van der Waals surface area contributed by atoms with Crippen LogP contribution in [0.4, 0.5) is 5.69 Å². The van der Waals surface area contributed by atoms with Gasteiger partial charge >= 0.3 is 11.9 Å². The van der Waals surface area contributed by atoms with Crippen LogP contribution in [0.2, 0.25) is 5.02 Å². The number of hydrogen-bond donors (Lipinski definition) is 1. The van der Waals surface area contributed by atoms with Gasteiger partial charge in [0.25, 0.3) is 5.91 Å². The van der Waals surface area contributed by atoms with Crippen LogP contribution in [0.15, 0.2) is 42.5 Å². The van der Waals surface area contributed by atoms with Crippen molar-refractivity contribution in [2.75, 3.05) is 19.0 Å². The summed E-state index contributed by atoms with van der Waals surface area (Å²) >= 11 is 6.00. The van der Waals surface area contributed by atoms with Gasteiger partial charge in [-0.05, 0) is 55.8 Å². The van der Waals surface area contributed by atoms with Crippen LogP contribution >= 0.6 is 11.6 Å². The van der Waals surface area contributed by atoms with Gasteiger partial charge in [-0.25, -0.2) is 9.59 Å². The van der Waals surface area contributed by atoms with E-state index in [1.165, 1.54) is 13.2 Å². The van der Waals surface area contributed by atoms with Crippen molar-refractivity contribution in [3.05, 3.63) is 69.9 Å². The third kappa shape index (κ3) is 4.75. The van der Waals surface area contributed by atoms with E-state index in [2.05, 4.69) is 15.0 Å². The van der Waals surface area contributed by atoms with Crippen LogP contribution < -0.4 is 5.32 Å². The first-order valence-electron chi connectivity index (χ1n) is 9.01. The van der Waals surface area contributed by atoms with Crippen molar-refractivity contribution in [2.24, 2.45) is 0 Å². The number of nitrogens with zero attached hydrogens (tertiary/aromatic N) is 1. The second-order valence-corrected chi connectivity index (χ2v) is 7.04. The van der Waals surface area contributed by atoms with Gasteiger partial charge in [0.2, 0.25) is 0 Å². The number of rotatable bonds is 5. The maximum atomic E-state index is 12.5. The highest BCUT2D eigenvalue weighted by Crippen LogP contribution is 2.21. The molecule has 1 heterocycles. The number of carbonyl (C=O) groups excluding carboxylic acids is 3. The smallest absolute Gasteiger partial charge is 0.340 e. The molecule has 0 atom stereocenters. The van der Waals surface area contributed by atoms with Crippen LogP contribution in [0.25, 0.3) is 10.9 Å². The first-order chi connectivity index (χ1) is 14.3. The minimum atomic E-state index is -0.669. The molecule has 0 unspecified atom stereocenters. The van der Waals surface area contributed by atoms with Gasteiger partial charge in [-0.15, -0.1) is 0 Å². The van der Waals surface area contributed by atoms with E-state index in [0.29, 0.717) is 32.9 Å². The fourth-order valence-corrected chi connectivity index (χ4v) is 3.03. The largest absolute Gasteiger partial charge is 0.465 e. The van der Waals surface area contributed by atoms with Crippen LogP contribution in [-0.4, -0.2) is 36.5 Å². The number of carbonyl (C=O) groups is 3. The molecule has 0 saturated carbocycles. The summed E-state index contributed by atoms with van der Waals surface area (Å²) in [7, 11) is 1.28. The molecule has 0 aliphatic rings. The predicted octanol–water partition coefficient (Wildman–Crippen LogP) is 4.09. The van der Waals surface area contributed by atoms with Gasteiger partial charge in [0, 0.05) is 16.1 Å².